The highest BCUT2D eigenvalue weighted by Crippen LogP contribution is 2.20. The molecule has 0 unspecified atom stereocenters. The summed E-state index contributed by atoms with van der Waals surface area (Å²) in [5, 5.41) is 29.0. The average Bonchev–Trinajstić information content (AvgIpc) is 3.45. The molecule has 0 saturated heterocycles. The molecule has 192 valence electrons. The Kier molecular flexibility index (Phi) is 6.94. The van der Waals surface area contributed by atoms with Gasteiger partial charge in [-0.25, -0.2) is 14.6 Å². The molecule has 0 radical (unpaired) electrons. The summed E-state index contributed by atoms with van der Waals surface area (Å²) in [4.78, 5) is 23.2. The van der Waals surface area contributed by atoms with Crippen LogP contribution in [0.15, 0.2) is 58.3 Å². The zero-order valence-electron chi connectivity index (χ0n) is 19.6. The minimum Gasteiger partial charge on any atom is -0.267 e. The Labute approximate surface area is 222 Å². The second kappa shape index (κ2) is 10.5. The summed E-state index contributed by atoms with van der Waals surface area (Å²) in [6.07, 6.45) is 1.48. The third kappa shape index (κ3) is 5.01. The topological polar surface area (TPSA) is 153 Å². The molecule has 0 aliphatic rings. The Hall–Kier alpha value is -4.49. The predicted octanol–water partition coefficient (Wildman–Crippen LogP) is 2.88. The van der Waals surface area contributed by atoms with Crippen molar-refractivity contribution in [2.75, 3.05) is 0 Å². The van der Waals surface area contributed by atoms with Gasteiger partial charge in [0.05, 0.1) is 18.8 Å². The lowest BCUT2D eigenvalue weighted by Gasteiger charge is -2.05. The molecule has 2 aromatic carbocycles. The molecule has 0 aliphatic heterocycles. The lowest BCUT2D eigenvalue weighted by atomic mass is 10.2. The fourth-order valence-corrected chi connectivity index (χ4v) is 4.15. The van der Waals surface area contributed by atoms with Crippen LogP contribution in [0.4, 0.5) is 4.39 Å². The molecule has 0 fully saturated rings. The van der Waals surface area contributed by atoms with E-state index in [9.17, 15) is 14.0 Å². The maximum Gasteiger partial charge on any atom is 0.278 e. The monoisotopic (exact) mass is 554 g/mol. The summed E-state index contributed by atoms with van der Waals surface area (Å²) >= 11 is 12.1. The summed E-state index contributed by atoms with van der Waals surface area (Å²) in [7, 11) is 0. The number of hydrogen-bond acceptors (Lipinski definition) is 8. The van der Waals surface area contributed by atoms with E-state index < -0.39 is 11.4 Å². The molecule has 0 saturated carbocycles. The first-order valence-corrected chi connectivity index (χ1v) is 11.8. The molecule has 38 heavy (non-hydrogen) atoms. The number of nitrogens with zero attached hydrogens (tertiary/aromatic N) is 8. The van der Waals surface area contributed by atoms with E-state index in [1.165, 1.54) is 23.0 Å². The first-order valence-electron chi connectivity index (χ1n) is 11.0. The third-order valence-electron chi connectivity index (χ3n) is 5.65. The number of nitrogens with one attached hydrogen (secondary N) is 2. The van der Waals surface area contributed by atoms with E-state index in [0.717, 1.165) is 11.3 Å². The molecule has 6 rings (SSSR count). The van der Waals surface area contributed by atoms with Crippen LogP contribution in [0.5, 0.6) is 0 Å². The molecule has 0 aliphatic carbocycles. The molecule has 12 nitrogen and oxygen atoms in total. The van der Waals surface area contributed by atoms with Gasteiger partial charge < -0.3 is 0 Å². The van der Waals surface area contributed by atoms with Crippen molar-refractivity contribution in [2.45, 2.75) is 20.0 Å². The number of benzene rings is 2. The Morgan fingerprint density at radius 3 is 2.29 bits per heavy atom. The maximum atomic E-state index is 13.6. The molecule has 2 N–H and O–H groups in total. The fraction of sp³-hybridized carbons (Fsp3) is 0.130. The number of aromatic nitrogens is 10. The molecule has 6 aromatic rings. The van der Waals surface area contributed by atoms with Crippen molar-refractivity contribution < 1.29 is 4.39 Å². The Bertz CT molecular complexity index is 1880. The highest BCUT2D eigenvalue weighted by Gasteiger charge is 2.14. The molecular weight excluding hydrogens is 538 g/mol. The van der Waals surface area contributed by atoms with Crippen LogP contribution in [0.1, 0.15) is 16.8 Å². The summed E-state index contributed by atoms with van der Waals surface area (Å²) in [6.45, 7) is 2.42. The van der Waals surface area contributed by atoms with E-state index in [2.05, 4.69) is 41.0 Å². The second-order valence-corrected chi connectivity index (χ2v) is 8.89. The fourth-order valence-electron chi connectivity index (χ4n) is 3.73. The van der Waals surface area contributed by atoms with E-state index >= 15 is 0 Å². The molecule has 0 amide bonds. The average molecular weight is 555 g/mol. The van der Waals surface area contributed by atoms with E-state index in [1.54, 1.807) is 10.7 Å². The summed E-state index contributed by atoms with van der Waals surface area (Å²) in [6, 6.07) is 12.0. The van der Waals surface area contributed by atoms with Gasteiger partial charge in [-0.05, 0) is 30.7 Å². The standard InChI is InChI=1S/C12H10ClN5O.C11H7ClFN5O/c1-7-10-11(14-17-15-12(10)19)16-18(7)6-8-4-2-3-5-9(8)13;12-8-2-1-3-9(13)6(8)4-18-5-7-10(16-18)14-17-15-11(7)19/h2-5H,6H2,1H3,(H,14,15,16,19);1-3,5H,4H2,(H,14,15,16,19). The summed E-state index contributed by atoms with van der Waals surface area (Å²) in [5.41, 5.74) is 1.85. The van der Waals surface area contributed by atoms with Crippen LogP contribution in [0.25, 0.3) is 22.1 Å². The van der Waals surface area contributed by atoms with Gasteiger partial charge in [-0.2, -0.15) is 0 Å². The lowest BCUT2D eigenvalue weighted by Crippen LogP contribution is -2.09. The number of fused-ring (bicyclic) bond motifs is 2. The molecule has 0 atom stereocenters. The van der Waals surface area contributed by atoms with Crippen molar-refractivity contribution in [3.8, 4) is 0 Å². The Morgan fingerprint density at radius 1 is 0.868 bits per heavy atom. The van der Waals surface area contributed by atoms with Crippen LogP contribution in [0, 0.1) is 12.7 Å². The number of halogens is 3. The number of aryl methyl sites for hydroxylation is 1. The highest BCUT2D eigenvalue weighted by atomic mass is 35.5. The van der Waals surface area contributed by atoms with Gasteiger partial charge >= 0.3 is 0 Å². The van der Waals surface area contributed by atoms with Gasteiger partial charge in [0.15, 0.2) is 0 Å². The van der Waals surface area contributed by atoms with Gasteiger partial charge in [-0.15, -0.1) is 20.4 Å². The van der Waals surface area contributed by atoms with Gasteiger partial charge in [-0.3, -0.25) is 19.0 Å². The predicted molar refractivity (Wildman–Crippen MR) is 138 cm³/mol. The van der Waals surface area contributed by atoms with Crippen LogP contribution in [0.2, 0.25) is 10.0 Å². The largest absolute Gasteiger partial charge is 0.278 e. The van der Waals surface area contributed by atoms with E-state index in [0.29, 0.717) is 38.6 Å². The van der Waals surface area contributed by atoms with Gasteiger partial charge in [0.25, 0.3) is 11.1 Å². The molecule has 0 bridgehead atoms. The Balaban J connectivity index is 0.000000155. The zero-order valence-corrected chi connectivity index (χ0v) is 21.1. The molecule has 0 spiro atoms. The minimum absolute atomic E-state index is 0.112. The van der Waals surface area contributed by atoms with Crippen LogP contribution >= 0.6 is 23.2 Å². The van der Waals surface area contributed by atoms with Crippen molar-refractivity contribution >= 4 is 45.3 Å². The third-order valence-corrected chi connectivity index (χ3v) is 6.38. The van der Waals surface area contributed by atoms with Gasteiger partial charge in [0.2, 0.25) is 11.3 Å². The maximum absolute atomic E-state index is 13.6. The van der Waals surface area contributed by atoms with Crippen molar-refractivity contribution in [3.63, 3.8) is 0 Å². The van der Waals surface area contributed by atoms with Gasteiger partial charge in [-0.1, -0.05) is 57.9 Å². The molecule has 4 heterocycles. The van der Waals surface area contributed by atoms with Crippen LogP contribution in [-0.2, 0) is 13.1 Å². The second-order valence-electron chi connectivity index (χ2n) is 8.08. The van der Waals surface area contributed by atoms with Gasteiger partial charge in [0, 0.05) is 21.8 Å². The van der Waals surface area contributed by atoms with Crippen LogP contribution in [-0.4, -0.2) is 50.4 Å². The van der Waals surface area contributed by atoms with E-state index in [4.69, 9.17) is 23.2 Å². The summed E-state index contributed by atoms with van der Waals surface area (Å²) < 4.78 is 16.8. The Morgan fingerprint density at radius 2 is 1.58 bits per heavy atom. The zero-order chi connectivity index (χ0) is 26.8. The summed E-state index contributed by atoms with van der Waals surface area (Å²) in [5.74, 6) is -0.424. The number of hydrogen-bond donors (Lipinski definition) is 2. The molecule has 15 heteroatoms. The smallest absolute Gasteiger partial charge is 0.267 e. The lowest BCUT2D eigenvalue weighted by molar-refractivity contribution is 0.586. The van der Waals surface area contributed by atoms with E-state index in [-0.39, 0.29) is 17.8 Å². The van der Waals surface area contributed by atoms with E-state index in [1.807, 2.05) is 31.2 Å². The van der Waals surface area contributed by atoms with Crippen molar-refractivity contribution in [1.82, 2.24) is 50.4 Å². The normalized spacial score (nSPS) is 11.1. The van der Waals surface area contributed by atoms with Crippen molar-refractivity contribution in [1.29, 1.82) is 0 Å². The minimum atomic E-state index is -0.424. The SMILES string of the molecule is Cc1c2c(=O)[nH]nnc2nn1Cc1ccccc1Cl.O=c1[nH]nnc2nn(Cc3c(F)cccc3Cl)cc12. The number of aromatic amines is 2. The number of H-pyrrole nitrogens is 2. The van der Waals surface area contributed by atoms with Gasteiger partial charge in [0.1, 0.15) is 16.6 Å². The molecule has 4 aromatic heterocycles. The number of rotatable bonds is 4. The van der Waals surface area contributed by atoms with Crippen LogP contribution < -0.4 is 11.1 Å². The first kappa shape index (κ1) is 25.2. The molecular formula is C23H17Cl2FN10O2. The van der Waals surface area contributed by atoms with Crippen molar-refractivity contribution in [3.05, 3.63) is 102 Å². The quantitative estimate of drug-likeness (QED) is 0.337. The van der Waals surface area contributed by atoms with Crippen LogP contribution in [0.3, 0.4) is 0 Å². The van der Waals surface area contributed by atoms with Crippen molar-refractivity contribution in [2.24, 2.45) is 0 Å². The first-order chi connectivity index (χ1) is 18.3. The highest BCUT2D eigenvalue weighted by molar-refractivity contribution is 6.31.